The molecule has 0 saturated carbocycles. The molecular weight excluding hydrogens is 240 g/mol. The van der Waals surface area contributed by atoms with Crippen LogP contribution >= 0.6 is 0 Å². The van der Waals surface area contributed by atoms with E-state index >= 15 is 0 Å². The fourth-order valence-electron chi connectivity index (χ4n) is 1.82. The maximum absolute atomic E-state index is 12.0. The van der Waals surface area contributed by atoms with Crippen LogP contribution in [0, 0.1) is 0 Å². The van der Waals surface area contributed by atoms with Crippen LogP contribution in [0.2, 0.25) is 0 Å². The topological polar surface area (TPSA) is 46.5 Å². The molecule has 0 heterocycles. The molecule has 0 saturated heterocycles. The summed E-state index contributed by atoms with van der Waals surface area (Å²) in [5.41, 5.74) is 0.993. The van der Waals surface area contributed by atoms with E-state index in [1.807, 2.05) is 12.1 Å². The van der Waals surface area contributed by atoms with Crippen LogP contribution in [0.25, 0.3) is 0 Å². The molecule has 1 atom stereocenters. The number of carbonyl (C=O) groups is 1. The molecule has 19 heavy (non-hydrogen) atoms. The highest BCUT2D eigenvalue weighted by atomic mass is 16.7. The number of esters is 1. The van der Waals surface area contributed by atoms with Gasteiger partial charge in [0.25, 0.3) is 0 Å². The van der Waals surface area contributed by atoms with Gasteiger partial charge in [0.1, 0.15) is 0 Å². The van der Waals surface area contributed by atoms with Gasteiger partial charge in [0.15, 0.2) is 0 Å². The zero-order valence-corrected chi connectivity index (χ0v) is 10.7. The lowest BCUT2D eigenvalue weighted by atomic mass is 10.0. The van der Waals surface area contributed by atoms with Gasteiger partial charge in [-0.05, 0) is 12.1 Å². The molecule has 0 aliphatic heterocycles. The molecule has 2 aromatic rings. The lowest BCUT2D eigenvalue weighted by Crippen LogP contribution is -2.31. The molecule has 0 aliphatic rings. The van der Waals surface area contributed by atoms with Crippen molar-refractivity contribution in [3.05, 3.63) is 71.8 Å². The minimum atomic E-state index is -1.59. The van der Waals surface area contributed by atoms with Crippen molar-refractivity contribution in [2.45, 2.75) is 19.1 Å². The van der Waals surface area contributed by atoms with Gasteiger partial charge in [-0.1, -0.05) is 55.5 Å². The Bertz CT molecular complexity index is 536. The third kappa shape index (κ3) is 3.01. The number of carbonyl (C=O) groups excluding carboxylic acids is 1. The summed E-state index contributed by atoms with van der Waals surface area (Å²) in [6.07, 6.45) is 0.287. The zero-order valence-electron chi connectivity index (χ0n) is 10.7. The van der Waals surface area contributed by atoms with E-state index in [0.29, 0.717) is 11.1 Å². The Labute approximate surface area is 112 Å². The van der Waals surface area contributed by atoms with Gasteiger partial charge in [0.2, 0.25) is 5.79 Å². The van der Waals surface area contributed by atoms with Gasteiger partial charge >= 0.3 is 5.97 Å². The summed E-state index contributed by atoms with van der Waals surface area (Å²) in [7, 11) is 0. The maximum atomic E-state index is 12.0. The summed E-state index contributed by atoms with van der Waals surface area (Å²) < 4.78 is 5.28. The van der Waals surface area contributed by atoms with Gasteiger partial charge in [-0.15, -0.1) is 0 Å². The molecule has 3 heteroatoms. The summed E-state index contributed by atoms with van der Waals surface area (Å²) in [5.74, 6) is -2.12. The minimum absolute atomic E-state index is 0.287. The smallest absolute Gasteiger partial charge is 0.340 e. The molecule has 2 rings (SSSR count). The maximum Gasteiger partial charge on any atom is 0.340 e. The molecule has 2 aromatic carbocycles. The number of hydrogen-bond acceptors (Lipinski definition) is 3. The lowest BCUT2D eigenvalue weighted by Gasteiger charge is -2.27. The predicted molar refractivity (Wildman–Crippen MR) is 72.5 cm³/mol. The van der Waals surface area contributed by atoms with E-state index < -0.39 is 11.8 Å². The number of benzene rings is 2. The monoisotopic (exact) mass is 256 g/mol. The van der Waals surface area contributed by atoms with Crippen molar-refractivity contribution in [2.75, 3.05) is 0 Å². The Balaban J connectivity index is 2.22. The van der Waals surface area contributed by atoms with Crippen LogP contribution in [0.4, 0.5) is 0 Å². The van der Waals surface area contributed by atoms with Crippen LogP contribution in [0.15, 0.2) is 60.7 Å². The van der Waals surface area contributed by atoms with E-state index in [1.165, 1.54) is 0 Å². The van der Waals surface area contributed by atoms with Crippen molar-refractivity contribution < 1.29 is 14.6 Å². The first-order valence-corrected chi connectivity index (χ1v) is 6.22. The van der Waals surface area contributed by atoms with Gasteiger partial charge in [-0.2, -0.15) is 0 Å². The van der Waals surface area contributed by atoms with Gasteiger partial charge in [0, 0.05) is 12.0 Å². The van der Waals surface area contributed by atoms with Crippen molar-refractivity contribution in [3.63, 3.8) is 0 Å². The van der Waals surface area contributed by atoms with Crippen LogP contribution in [-0.2, 0) is 10.5 Å². The number of rotatable bonds is 4. The van der Waals surface area contributed by atoms with Crippen LogP contribution in [0.1, 0.15) is 29.3 Å². The van der Waals surface area contributed by atoms with Crippen molar-refractivity contribution >= 4 is 5.97 Å². The summed E-state index contributed by atoms with van der Waals surface area (Å²) in [4.78, 5) is 12.0. The van der Waals surface area contributed by atoms with Gasteiger partial charge in [-0.3, -0.25) is 0 Å². The minimum Gasteiger partial charge on any atom is -0.425 e. The fraction of sp³-hybridized carbons (Fsp3) is 0.188. The highest BCUT2D eigenvalue weighted by molar-refractivity contribution is 5.89. The molecule has 0 aromatic heterocycles. The first-order chi connectivity index (χ1) is 9.15. The third-order valence-corrected chi connectivity index (χ3v) is 2.98. The summed E-state index contributed by atoms with van der Waals surface area (Å²) in [6, 6.07) is 17.6. The van der Waals surface area contributed by atoms with E-state index in [2.05, 4.69) is 0 Å². The standard InChI is InChI=1S/C16H16O3/c1-2-16(18,14-11-7-4-8-12-14)19-15(17)13-9-5-3-6-10-13/h3-12,18H,2H2,1H3. The Kier molecular flexibility index (Phi) is 3.97. The summed E-state index contributed by atoms with van der Waals surface area (Å²) >= 11 is 0. The number of hydrogen-bond donors (Lipinski definition) is 1. The molecule has 98 valence electrons. The average Bonchev–Trinajstić information content (AvgIpc) is 2.49. The van der Waals surface area contributed by atoms with E-state index in [1.54, 1.807) is 55.5 Å². The normalized spacial score (nSPS) is 13.6. The molecule has 0 amide bonds. The van der Waals surface area contributed by atoms with Crippen LogP contribution in [-0.4, -0.2) is 11.1 Å². The second-order valence-corrected chi connectivity index (χ2v) is 4.26. The second kappa shape index (κ2) is 5.67. The quantitative estimate of drug-likeness (QED) is 0.675. The SMILES string of the molecule is CCC(O)(OC(=O)c1ccccc1)c1ccccc1. The van der Waals surface area contributed by atoms with Crippen molar-refractivity contribution in [3.8, 4) is 0 Å². The molecule has 1 unspecified atom stereocenters. The van der Waals surface area contributed by atoms with Gasteiger partial charge in [-0.25, -0.2) is 4.79 Å². The van der Waals surface area contributed by atoms with Crippen LogP contribution < -0.4 is 0 Å². The fourth-order valence-corrected chi connectivity index (χ4v) is 1.82. The van der Waals surface area contributed by atoms with E-state index in [9.17, 15) is 9.90 Å². The van der Waals surface area contributed by atoms with Crippen LogP contribution in [0.3, 0.4) is 0 Å². The molecule has 0 radical (unpaired) electrons. The second-order valence-electron chi connectivity index (χ2n) is 4.26. The molecule has 0 aliphatic carbocycles. The predicted octanol–water partition coefficient (Wildman–Crippen LogP) is 3.10. The highest BCUT2D eigenvalue weighted by Crippen LogP contribution is 2.27. The molecule has 3 nitrogen and oxygen atoms in total. The number of ether oxygens (including phenoxy) is 1. The van der Waals surface area contributed by atoms with E-state index in [-0.39, 0.29) is 6.42 Å². The highest BCUT2D eigenvalue weighted by Gasteiger charge is 2.32. The Morgan fingerprint density at radius 1 is 1.05 bits per heavy atom. The number of aliphatic hydroxyl groups is 1. The molecule has 1 N–H and O–H groups in total. The largest absolute Gasteiger partial charge is 0.425 e. The van der Waals surface area contributed by atoms with E-state index in [4.69, 9.17) is 4.74 Å². The van der Waals surface area contributed by atoms with Crippen molar-refractivity contribution in [1.29, 1.82) is 0 Å². The molecular formula is C16H16O3. The molecule has 0 spiro atoms. The molecule has 0 bridgehead atoms. The summed E-state index contributed by atoms with van der Waals surface area (Å²) in [5, 5.41) is 10.5. The van der Waals surface area contributed by atoms with Gasteiger partial charge in [0.05, 0.1) is 5.56 Å². The third-order valence-electron chi connectivity index (χ3n) is 2.98. The Hall–Kier alpha value is -2.13. The van der Waals surface area contributed by atoms with Crippen molar-refractivity contribution in [1.82, 2.24) is 0 Å². The van der Waals surface area contributed by atoms with Crippen molar-refractivity contribution in [2.24, 2.45) is 0 Å². The van der Waals surface area contributed by atoms with Crippen LogP contribution in [0.5, 0.6) is 0 Å². The summed E-state index contributed by atoms with van der Waals surface area (Å²) in [6.45, 7) is 1.77. The zero-order chi connectivity index (χ0) is 13.7. The molecule has 0 fully saturated rings. The first kappa shape index (κ1) is 13.3. The van der Waals surface area contributed by atoms with Gasteiger partial charge < -0.3 is 9.84 Å². The Morgan fingerprint density at radius 2 is 1.58 bits per heavy atom. The first-order valence-electron chi connectivity index (χ1n) is 6.22. The lowest BCUT2D eigenvalue weighted by molar-refractivity contribution is -0.175. The Morgan fingerprint density at radius 3 is 2.11 bits per heavy atom. The van der Waals surface area contributed by atoms with E-state index in [0.717, 1.165) is 0 Å². The average molecular weight is 256 g/mol.